The number of halogens is 1. The van der Waals surface area contributed by atoms with Gasteiger partial charge in [-0.2, -0.15) is 0 Å². The third kappa shape index (κ3) is 3.51. The first kappa shape index (κ1) is 17.5. The standard InChI is InChI=1S/C22H18BrN3O/c1-15-5-3-4-6-19(15)21-14-26(25-24-21)22-13-17(23)9-12-20(22)16-7-10-18(27-2)11-8-16/h3-14H,1-2H3. The van der Waals surface area contributed by atoms with Crippen molar-refractivity contribution in [1.29, 1.82) is 0 Å². The summed E-state index contributed by atoms with van der Waals surface area (Å²) in [4.78, 5) is 0. The number of rotatable bonds is 4. The van der Waals surface area contributed by atoms with Crippen molar-refractivity contribution in [1.82, 2.24) is 15.0 Å². The fraction of sp³-hybridized carbons (Fsp3) is 0.0909. The summed E-state index contributed by atoms with van der Waals surface area (Å²) < 4.78 is 8.08. The largest absolute Gasteiger partial charge is 0.497 e. The molecule has 5 heteroatoms. The second-order valence-corrected chi connectivity index (χ2v) is 7.17. The Hall–Kier alpha value is -2.92. The second-order valence-electron chi connectivity index (χ2n) is 6.25. The molecule has 0 spiro atoms. The van der Waals surface area contributed by atoms with Gasteiger partial charge in [0, 0.05) is 15.6 Å². The summed E-state index contributed by atoms with van der Waals surface area (Å²) >= 11 is 3.57. The predicted octanol–water partition coefficient (Wildman–Crippen LogP) is 5.68. The van der Waals surface area contributed by atoms with Crippen molar-refractivity contribution in [2.24, 2.45) is 0 Å². The molecule has 0 unspecified atom stereocenters. The van der Waals surface area contributed by atoms with Crippen molar-refractivity contribution < 1.29 is 4.74 Å². The Labute approximate surface area is 166 Å². The highest BCUT2D eigenvalue weighted by Gasteiger charge is 2.12. The molecule has 4 rings (SSSR count). The second kappa shape index (κ2) is 7.37. The smallest absolute Gasteiger partial charge is 0.118 e. The minimum Gasteiger partial charge on any atom is -0.497 e. The van der Waals surface area contributed by atoms with E-state index in [-0.39, 0.29) is 0 Å². The summed E-state index contributed by atoms with van der Waals surface area (Å²) in [5.74, 6) is 0.833. The maximum atomic E-state index is 5.27. The van der Waals surface area contributed by atoms with Crippen molar-refractivity contribution in [2.45, 2.75) is 6.92 Å². The summed E-state index contributed by atoms with van der Waals surface area (Å²) in [6, 6.07) is 22.4. The van der Waals surface area contributed by atoms with Crippen molar-refractivity contribution in [3.8, 4) is 33.8 Å². The zero-order valence-electron chi connectivity index (χ0n) is 15.1. The van der Waals surface area contributed by atoms with Gasteiger partial charge in [-0.05, 0) is 42.3 Å². The van der Waals surface area contributed by atoms with Gasteiger partial charge in [0.05, 0.1) is 19.0 Å². The molecular weight excluding hydrogens is 402 g/mol. The molecule has 134 valence electrons. The SMILES string of the molecule is COc1ccc(-c2ccc(Br)cc2-n2cc(-c3ccccc3C)nn2)cc1. The molecule has 0 saturated carbocycles. The van der Waals surface area contributed by atoms with Crippen LogP contribution in [0.2, 0.25) is 0 Å². The quantitative estimate of drug-likeness (QED) is 0.427. The number of nitrogens with zero attached hydrogens (tertiary/aromatic N) is 3. The minimum atomic E-state index is 0.833. The third-order valence-electron chi connectivity index (χ3n) is 4.52. The summed E-state index contributed by atoms with van der Waals surface area (Å²) in [5, 5.41) is 8.78. The Morgan fingerprint density at radius 1 is 0.926 bits per heavy atom. The van der Waals surface area contributed by atoms with Crippen LogP contribution in [0.4, 0.5) is 0 Å². The summed E-state index contributed by atoms with van der Waals surface area (Å²) in [7, 11) is 1.67. The van der Waals surface area contributed by atoms with E-state index in [1.165, 1.54) is 5.56 Å². The maximum absolute atomic E-state index is 5.27. The van der Waals surface area contributed by atoms with E-state index in [4.69, 9.17) is 4.74 Å². The van der Waals surface area contributed by atoms with E-state index >= 15 is 0 Å². The van der Waals surface area contributed by atoms with E-state index in [1.807, 2.05) is 53.3 Å². The lowest BCUT2D eigenvalue weighted by molar-refractivity contribution is 0.415. The van der Waals surface area contributed by atoms with E-state index in [2.05, 4.69) is 57.4 Å². The monoisotopic (exact) mass is 419 g/mol. The molecule has 0 aliphatic heterocycles. The zero-order chi connectivity index (χ0) is 18.8. The highest BCUT2D eigenvalue weighted by atomic mass is 79.9. The number of aromatic nitrogens is 3. The highest BCUT2D eigenvalue weighted by molar-refractivity contribution is 9.10. The van der Waals surface area contributed by atoms with Gasteiger partial charge in [-0.15, -0.1) is 5.10 Å². The average Bonchev–Trinajstić information content (AvgIpc) is 3.18. The van der Waals surface area contributed by atoms with Gasteiger partial charge in [0.25, 0.3) is 0 Å². The van der Waals surface area contributed by atoms with Gasteiger partial charge < -0.3 is 4.74 Å². The van der Waals surface area contributed by atoms with E-state index in [9.17, 15) is 0 Å². The van der Waals surface area contributed by atoms with Crippen LogP contribution in [-0.4, -0.2) is 22.1 Å². The Kier molecular flexibility index (Phi) is 4.77. The molecular formula is C22H18BrN3O. The number of aryl methyl sites for hydroxylation is 1. The zero-order valence-corrected chi connectivity index (χ0v) is 16.6. The molecule has 0 saturated heterocycles. The van der Waals surface area contributed by atoms with Crippen molar-refractivity contribution in [2.75, 3.05) is 7.11 Å². The molecule has 4 aromatic rings. The maximum Gasteiger partial charge on any atom is 0.118 e. The number of benzene rings is 3. The Balaban J connectivity index is 1.80. The van der Waals surface area contributed by atoms with Crippen LogP contribution in [0.25, 0.3) is 28.1 Å². The first-order valence-corrected chi connectivity index (χ1v) is 9.38. The van der Waals surface area contributed by atoms with Crippen LogP contribution >= 0.6 is 15.9 Å². The van der Waals surface area contributed by atoms with E-state index < -0.39 is 0 Å². The average molecular weight is 420 g/mol. The van der Waals surface area contributed by atoms with Gasteiger partial charge in [0.1, 0.15) is 11.4 Å². The van der Waals surface area contributed by atoms with E-state index in [0.717, 1.165) is 38.3 Å². The van der Waals surface area contributed by atoms with Gasteiger partial charge >= 0.3 is 0 Å². The molecule has 0 atom stereocenters. The first-order valence-electron chi connectivity index (χ1n) is 8.58. The van der Waals surface area contributed by atoms with Crippen molar-refractivity contribution in [3.05, 3.63) is 83.0 Å². The third-order valence-corrected chi connectivity index (χ3v) is 5.02. The lowest BCUT2D eigenvalue weighted by Gasteiger charge is -2.11. The van der Waals surface area contributed by atoms with Crippen LogP contribution in [0.15, 0.2) is 77.4 Å². The molecule has 0 aliphatic rings. The molecule has 0 radical (unpaired) electrons. The molecule has 27 heavy (non-hydrogen) atoms. The van der Waals surface area contributed by atoms with Crippen molar-refractivity contribution >= 4 is 15.9 Å². The van der Waals surface area contributed by atoms with Crippen molar-refractivity contribution in [3.63, 3.8) is 0 Å². The van der Waals surface area contributed by atoms with Crippen LogP contribution < -0.4 is 4.74 Å². The molecule has 0 N–H and O–H groups in total. The topological polar surface area (TPSA) is 39.9 Å². The molecule has 3 aromatic carbocycles. The lowest BCUT2D eigenvalue weighted by Crippen LogP contribution is -1.98. The van der Waals surface area contributed by atoms with Gasteiger partial charge in [-0.1, -0.05) is 63.6 Å². The molecule has 0 aliphatic carbocycles. The first-order chi connectivity index (χ1) is 13.2. The fourth-order valence-corrected chi connectivity index (χ4v) is 3.42. The minimum absolute atomic E-state index is 0.833. The molecule has 1 aromatic heterocycles. The number of ether oxygens (including phenoxy) is 1. The van der Waals surface area contributed by atoms with Crippen LogP contribution in [0.3, 0.4) is 0 Å². The summed E-state index contributed by atoms with van der Waals surface area (Å²) in [6.45, 7) is 2.08. The normalized spacial score (nSPS) is 10.8. The Morgan fingerprint density at radius 3 is 2.44 bits per heavy atom. The lowest BCUT2D eigenvalue weighted by atomic mass is 10.0. The van der Waals surface area contributed by atoms with Gasteiger partial charge in [0.15, 0.2) is 0 Å². The molecule has 0 fully saturated rings. The van der Waals surface area contributed by atoms with Crippen LogP contribution in [-0.2, 0) is 0 Å². The summed E-state index contributed by atoms with van der Waals surface area (Å²) in [6.07, 6.45) is 1.97. The molecule has 0 bridgehead atoms. The fourth-order valence-electron chi connectivity index (χ4n) is 3.07. The van der Waals surface area contributed by atoms with Gasteiger partial charge in [-0.3, -0.25) is 0 Å². The number of methoxy groups -OCH3 is 1. The summed E-state index contributed by atoms with van der Waals surface area (Å²) in [5.41, 5.74) is 6.24. The van der Waals surface area contributed by atoms with Crippen LogP contribution in [0.5, 0.6) is 5.75 Å². The number of hydrogen-bond acceptors (Lipinski definition) is 3. The highest BCUT2D eigenvalue weighted by Crippen LogP contribution is 2.31. The Bertz CT molecular complexity index is 1090. The van der Waals surface area contributed by atoms with Crippen LogP contribution in [0.1, 0.15) is 5.56 Å². The molecule has 1 heterocycles. The Morgan fingerprint density at radius 2 is 1.70 bits per heavy atom. The molecule has 0 amide bonds. The van der Waals surface area contributed by atoms with E-state index in [0.29, 0.717) is 0 Å². The van der Waals surface area contributed by atoms with E-state index in [1.54, 1.807) is 7.11 Å². The van der Waals surface area contributed by atoms with Crippen LogP contribution in [0, 0.1) is 6.92 Å². The molecule has 4 nitrogen and oxygen atoms in total. The predicted molar refractivity (Wildman–Crippen MR) is 111 cm³/mol. The number of hydrogen-bond donors (Lipinski definition) is 0. The van der Waals surface area contributed by atoms with Gasteiger partial charge in [-0.25, -0.2) is 4.68 Å². The van der Waals surface area contributed by atoms with Gasteiger partial charge in [0.2, 0.25) is 0 Å².